The molecule has 1 aromatic carbocycles. The molecule has 4 rings (SSSR count). The number of benzene rings is 1. The number of hydrogen-bond acceptors (Lipinski definition) is 4. The number of halogens is 1. The molecule has 134 valence electrons. The Balaban J connectivity index is 1.47. The molecule has 4 amide bonds. The minimum absolute atomic E-state index is 0.0543. The van der Waals surface area contributed by atoms with Gasteiger partial charge >= 0.3 is 6.03 Å². The topological polar surface area (TPSA) is 98.4 Å². The van der Waals surface area contributed by atoms with Crippen molar-refractivity contribution in [1.82, 2.24) is 25.1 Å². The summed E-state index contributed by atoms with van der Waals surface area (Å²) in [6.45, 7) is 0.582. The number of fused-ring (bicyclic) bond motifs is 1. The highest BCUT2D eigenvalue weighted by Gasteiger charge is 2.33. The number of carbonyl (C=O) groups is 3. The van der Waals surface area contributed by atoms with Gasteiger partial charge in [-0.3, -0.25) is 14.5 Å². The van der Waals surface area contributed by atoms with Crippen LogP contribution in [0.25, 0.3) is 11.4 Å². The number of imide groups is 1. The second kappa shape index (κ2) is 6.45. The largest absolute Gasteiger partial charge is 0.340 e. The van der Waals surface area contributed by atoms with Gasteiger partial charge in [0.2, 0.25) is 5.91 Å². The Labute approximate surface area is 154 Å². The van der Waals surface area contributed by atoms with Crippen molar-refractivity contribution in [2.75, 3.05) is 19.6 Å². The molecule has 1 fully saturated rings. The van der Waals surface area contributed by atoms with Crippen LogP contribution in [0.3, 0.4) is 0 Å². The van der Waals surface area contributed by atoms with Crippen molar-refractivity contribution in [3.63, 3.8) is 0 Å². The van der Waals surface area contributed by atoms with Crippen LogP contribution >= 0.6 is 11.6 Å². The number of H-pyrrole nitrogens is 1. The van der Waals surface area contributed by atoms with Gasteiger partial charge in [-0.2, -0.15) is 0 Å². The molecule has 0 radical (unpaired) electrons. The summed E-state index contributed by atoms with van der Waals surface area (Å²) in [5, 5.41) is 3.06. The highest BCUT2D eigenvalue weighted by Crippen LogP contribution is 2.24. The predicted molar refractivity (Wildman–Crippen MR) is 93.3 cm³/mol. The number of nitrogens with one attached hydrogen (secondary N) is 2. The molecular formula is C17H16ClN5O3. The van der Waals surface area contributed by atoms with E-state index in [-0.39, 0.29) is 24.9 Å². The van der Waals surface area contributed by atoms with Crippen LogP contribution in [0.15, 0.2) is 24.3 Å². The van der Waals surface area contributed by atoms with E-state index < -0.39 is 6.03 Å². The minimum Gasteiger partial charge on any atom is -0.340 e. The molecule has 0 spiro atoms. The summed E-state index contributed by atoms with van der Waals surface area (Å²) < 4.78 is 0. The Bertz CT molecular complexity index is 876. The fourth-order valence-corrected chi connectivity index (χ4v) is 3.23. The van der Waals surface area contributed by atoms with E-state index in [2.05, 4.69) is 15.3 Å². The van der Waals surface area contributed by atoms with Crippen molar-refractivity contribution in [1.29, 1.82) is 0 Å². The van der Waals surface area contributed by atoms with E-state index in [4.69, 9.17) is 11.6 Å². The van der Waals surface area contributed by atoms with Crippen molar-refractivity contribution in [2.24, 2.45) is 0 Å². The molecule has 0 bridgehead atoms. The predicted octanol–water partition coefficient (Wildman–Crippen LogP) is 1.17. The van der Waals surface area contributed by atoms with Gasteiger partial charge in [-0.05, 0) is 24.3 Å². The standard InChI is InChI=1S/C17H16ClN5O3/c18-11-3-1-10(2-4-11)16-20-12-5-6-22(8-13(12)21-16)15(25)9-23-14(24)7-19-17(23)26/h1-4H,5-9H2,(H,19,26)(H,20,21). The zero-order valence-electron chi connectivity index (χ0n) is 13.8. The van der Waals surface area contributed by atoms with Crippen LogP contribution < -0.4 is 5.32 Å². The van der Waals surface area contributed by atoms with Crippen LogP contribution in [0.5, 0.6) is 0 Å². The fourth-order valence-electron chi connectivity index (χ4n) is 3.10. The quantitative estimate of drug-likeness (QED) is 0.789. The SMILES string of the molecule is O=C(CN1C(=O)CNC1=O)N1CCc2nc(-c3ccc(Cl)cc3)[nH]c2C1. The van der Waals surface area contributed by atoms with Crippen LogP contribution in [0, 0.1) is 0 Å². The van der Waals surface area contributed by atoms with Crippen LogP contribution in [-0.4, -0.2) is 57.2 Å². The smallest absolute Gasteiger partial charge is 0.325 e. The average molecular weight is 374 g/mol. The Morgan fingerprint density at radius 1 is 1.23 bits per heavy atom. The summed E-state index contributed by atoms with van der Waals surface area (Å²) in [6.07, 6.45) is 0.616. The van der Waals surface area contributed by atoms with Crippen LogP contribution in [-0.2, 0) is 22.6 Å². The first-order valence-corrected chi connectivity index (χ1v) is 8.59. The van der Waals surface area contributed by atoms with Gasteiger partial charge in [0.25, 0.3) is 5.91 Å². The first-order chi connectivity index (χ1) is 12.5. The van der Waals surface area contributed by atoms with Crippen molar-refractivity contribution in [3.8, 4) is 11.4 Å². The maximum Gasteiger partial charge on any atom is 0.325 e. The fraction of sp³-hybridized carbons (Fsp3) is 0.294. The Kier molecular flexibility index (Phi) is 4.12. The van der Waals surface area contributed by atoms with Crippen LogP contribution in [0.4, 0.5) is 4.79 Å². The molecule has 1 aromatic heterocycles. The number of aromatic nitrogens is 2. The Morgan fingerprint density at radius 2 is 2.00 bits per heavy atom. The number of carbonyl (C=O) groups excluding carboxylic acids is 3. The van der Waals surface area contributed by atoms with Crippen LogP contribution in [0.2, 0.25) is 5.02 Å². The monoisotopic (exact) mass is 373 g/mol. The summed E-state index contributed by atoms with van der Waals surface area (Å²) in [7, 11) is 0. The Hall–Kier alpha value is -2.87. The van der Waals surface area contributed by atoms with Gasteiger partial charge in [0.15, 0.2) is 0 Å². The molecule has 3 heterocycles. The molecule has 0 atom stereocenters. The molecule has 2 aliphatic rings. The number of hydrogen-bond donors (Lipinski definition) is 2. The lowest BCUT2D eigenvalue weighted by atomic mass is 10.1. The van der Waals surface area contributed by atoms with Crippen molar-refractivity contribution in [2.45, 2.75) is 13.0 Å². The summed E-state index contributed by atoms with van der Waals surface area (Å²) in [4.78, 5) is 46.1. The highest BCUT2D eigenvalue weighted by molar-refractivity contribution is 6.30. The van der Waals surface area contributed by atoms with E-state index in [0.717, 1.165) is 27.7 Å². The van der Waals surface area contributed by atoms with E-state index in [1.807, 2.05) is 12.1 Å². The zero-order valence-corrected chi connectivity index (χ0v) is 14.5. The first-order valence-electron chi connectivity index (χ1n) is 8.21. The van der Waals surface area contributed by atoms with E-state index in [9.17, 15) is 14.4 Å². The molecule has 9 heteroatoms. The molecule has 0 saturated carbocycles. The first kappa shape index (κ1) is 16.6. The lowest BCUT2D eigenvalue weighted by molar-refractivity contribution is -0.137. The van der Waals surface area contributed by atoms with Gasteiger partial charge in [-0.15, -0.1) is 0 Å². The summed E-state index contributed by atoms with van der Waals surface area (Å²) in [5.41, 5.74) is 2.71. The maximum atomic E-state index is 12.5. The third-order valence-corrected chi connectivity index (χ3v) is 4.78. The van der Waals surface area contributed by atoms with Gasteiger partial charge in [0.1, 0.15) is 12.4 Å². The maximum absolute atomic E-state index is 12.5. The van der Waals surface area contributed by atoms with E-state index in [1.165, 1.54) is 0 Å². The van der Waals surface area contributed by atoms with Crippen molar-refractivity contribution < 1.29 is 14.4 Å². The molecule has 1 saturated heterocycles. The zero-order chi connectivity index (χ0) is 18.3. The normalized spacial score (nSPS) is 16.7. The van der Waals surface area contributed by atoms with Gasteiger partial charge in [0, 0.05) is 23.6 Å². The summed E-state index contributed by atoms with van der Waals surface area (Å²) >= 11 is 5.91. The highest BCUT2D eigenvalue weighted by atomic mass is 35.5. The summed E-state index contributed by atoms with van der Waals surface area (Å²) in [5.74, 6) is 0.0892. The van der Waals surface area contributed by atoms with Crippen LogP contribution in [0.1, 0.15) is 11.4 Å². The molecule has 26 heavy (non-hydrogen) atoms. The number of urea groups is 1. The molecule has 2 aromatic rings. The molecule has 0 aliphatic carbocycles. The van der Waals surface area contributed by atoms with Gasteiger partial charge < -0.3 is 15.2 Å². The second-order valence-corrected chi connectivity index (χ2v) is 6.66. The number of imidazole rings is 1. The second-order valence-electron chi connectivity index (χ2n) is 6.22. The third kappa shape index (κ3) is 3.03. The van der Waals surface area contributed by atoms with Crippen molar-refractivity contribution >= 4 is 29.4 Å². The molecule has 2 aliphatic heterocycles. The lowest BCUT2D eigenvalue weighted by Crippen LogP contribution is -2.44. The van der Waals surface area contributed by atoms with Crippen molar-refractivity contribution in [3.05, 3.63) is 40.7 Å². The number of nitrogens with zero attached hydrogens (tertiary/aromatic N) is 3. The third-order valence-electron chi connectivity index (χ3n) is 4.53. The molecule has 8 nitrogen and oxygen atoms in total. The molecular weight excluding hydrogens is 358 g/mol. The number of amides is 4. The summed E-state index contributed by atoms with van der Waals surface area (Å²) in [6, 6.07) is 6.84. The number of rotatable bonds is 3. The van der Waals surface area contributed by atoms with Gasteiger partial charge in [-0.25, -0.2) is 9.78 Å². The molecule has 2 N–H and O–H groups in total. The minimum atomic E-state index is -0.521. The van der Waals surface area contributed by atoms with Gasteiger partial charge in [0.05, 0.1) is 24.5 Å². The van der Waals surface area contributed by atoms with E-state index in [0.29, 0.717) is 24.5 Å². The Morgan fingerprint density at radius 3 is 2.69 bits per heavy atom. The van der Waals surface area contributed by atoms with E-state index in [1.54, 1.807) is 17.0 Å². The van der Waals surface area contributed by atoms with E-state index >= 15 is 0 Å². The lowest BCUT2D eigenvalue weighted by Gasteiger charge is -2.27. The van der Waals surface area contributed by atoms with Gasteiger partial charge in [-0.1, -0.05) is 11.6 Å². The molecule has 0 unspecified atom stereocenters. The number of aromatic amines is 1. The average Bonchev–Trinajstić information content (AvgIpc) is 3.20.